The second kappa shape index (κ2) is 8.89. The molecule has 8 heteroatoms. The number of urea groups is 1. The summed E-state index contributed by atoms with van der Waals surface area (Å²) in [5.74, 6) is 1.09. The van der Waals surface area contributed by atoms with Crippen LogP contribution in [0.5, 0.6) is 5.75 Å². The van der Waals surface area contributed by atoms with E-state index < -0.39 is 10.0 Å². The van der Waals surface area contributed by atoms with Crippen molar-refractivity contribution in [2.45, 2.75) is 12.8 Å². The number of nitrogens with zero attached hydrogens (tertiary/aromatic N) is 1. The predicted molar refractivity (Wildman–Crippen MR) is 92.5 cm³/mol. The molecule has 1 heterocycles. The quantitative estimate of drug-likeness (QED) is 0.715. The van der Waals surface area contributed by atoms with E-state index in [2.05, 4.69) is 10.6 Å². The van der Waals surface area contributed by atoms with Gasteiger partial charge in [-0.05, 0) is 30.9 Å². The number of hydrogen-bond donors (Lipinski definition) is 2. The van der Waals surface area contributed by atoms with Crippen LogP contribution >= 0.6 is 0 Å². The largest absolute Gasteiger partial charge is 0.492 e. The lowest BCUT2D eigenvalue weighted by atomic mass is 9.98. The van der Waals surface area contributed by atoms with Gasteiger partial charge in [0.05, 0.1) is 12.8 Å². The highest BCUT2D eigenvalue weighted by Gasteiger charge is 2.24. The highest BCUT2D eigenvalue weighted by atomic mass is 32.2. The molecule has 1 aromatic rings. The molecular formula is C16H25N3O4S. The van der Waals surface area contributed by atoms with Gasteiger partial charge in [-0.15, -0.1) is 0 Å². The van der Waals surface area contributed by atoms with Crippen LogP contribution in [0.15, 0.2) is 30.3 Å². The molecule has 7 nitrogen and oxygen atoms in total. The Hall–Kier alpha value is -1.80. The molecule has 0 aliphatic carbocycles. The third-order valence-electron chi connectivity index (χ3n) is 3.99. The molecule has 2 N–H and O–H groups in total. The lowest BCUT2D eigenvalue weighted by Gasteiger charge is -2.30. The average molecular weight is 355 g/mol. The highest BCUT2D eigenvalue weighted by Crippen LogP contribution is 2.18. The Morgan fingerprint density at radius 1 is 1.21 bits per heavy atom. The van der Waals surface area contributed by atoms with Gasteiger partial charge in [-0.3, -0.25) is 0 Å². The smallest absolute Gasteiger partial charge is 0.314 e. The number of benzene rings is 1. The van der Waals surface area contributed by atoms with Gasteiger partial charge >= 0.3 is 6.03 Å². The minimum atomic E-state index is -3.10. The summed E-state index contributed by atoms with van der Waals surface area (Å²) in [7, 11) is -3.10. The number of piperidine rings is 1. The summed E-state index contributed by atoms with van der Waals surface area (Å²) in [5.41, 5.74) is 0. The maximum absolute atomic E-state index is 11.7. The zero-order valence-corrected chi connectivity index (χ0v) is 14.7. The van der Waals surface area contributed by atoms with Crippen molar-refractivity contribution in [2.75, 3.05) is 39.0 Å². The van der Waals surface area contributed by atoms with Crippen molar-refractivity contribution in [3.05, 3.63) is 30.3 Å². The third kappa shape index (κ3) is 6.37. The summed E-state index contributed by atoms with van der Waals surface area (Å²) in [6.07, 6.45) is 2.77. The van der Waals surface area contributed by atoms with Gasteiger partial charge in [0.2, 0.25) is 10.0 Å². The Bertz CT molecular complexity index is 613. The Labute approximate surface area is 143 Å². The van der Waals surface area contributed by atoms with Gasteiger partial charge < -0.3 is 15.4 Å². The van der Waals surface area contributed by atoms with Crippen LogP contribution in [0.3, 0.4) is 0 Å². The fraction of sp³-hybridized carbons (Fsp3) is 0.562. The summed E-state index contributed by atoms with van der Waals surface area (Å²) in [5, 5.41) is 5.58. The molecule has 1 aliphatic rings. The first kappa shape index (κ1) is 18.5. The van der Waals surface area contributed by atoms with E-state index in [9.17, 15) is 13.2 Å². The standard InChI is InChI=1S/C16H25N3O4S/c1-24(21,22)19-10-7-14(8-11-19)13-18-16(20)17-9-12-23-15-5-3-2-4-6-15/h2-6,14H,7-13H2,1H3,(H2,17,18,20). The van der Waals surface area contributed by atoms with Gasteiger partial charge in [0.15, 0.2) is 0 Å². The van der Waals surface area contributed by atoms with Crippen molar-refractivity contribution in [3.63, 3.8) is 0 Å². The number of carbonyl (C=O) groups is 1. The van der Waals surface area contributed by atoms with Gasteiger partial charge in [-0.2, -0.15) is 0 Å². The van der Waals surface area contributed by atoms with E-state index in [0.717, 1.165) is 18.6 Å². The van der Waals surface area contributed by atoms with Gasteiger partial charge in [0.25, 0.3) is 0 Å². The Balaban J connectivity index is 1.55. The summed E-state index contributed by atoms with van der Waals surface area (Å²) >= 11 is 0. The van der Waals surface area contributed by atoms with Crippen LogP contribution in [0, 0.1) is 5.92 Å². The Morgan fingerprint density at radius 3 is 2.50 bits per heavy atom. The number of nitrogens with one attached hydrogen (secondary N) is 2. The minimum absolute atomic E-state index is 0.225. The molecule has 0 aromatic heterocycles. The van der Waals surface area contributed by atoms with E-state index >= 15 is 0 Å². The van der Waals surface area contributed by atoms with Crippen molar-refractivity contribution in [1.29, 1.82) is 0 Å². The zero-order chi connectivity index (χ0) is 17.4. The summed E-state index contributed by atoms with van der Waals surface area (Å²) in [4.78, 5) is 11.7. The summed E-state index contributed by atoms with van der Waals surface area (Å²) in [6, 6.07) is 9.21. The van der Waals surface area contributed by atoms with E-state index in [4.69, 9.17) is 4.74 Å². The number of rotatable bonds is 7. The Morgan fingerprint density at radius 2 is 1.88 bits per heavy atom. The number of carbonyl (C=O) groups excluding carboxylic acids is 1. The maximum atomic E-state index is 11.7. The topological polar surface area (TPSA) is 87.7 Å². The van der Waals surface area contributed by atoms with E-state index in [0.29, 0.717) is 38.7 Å². The second-order valence-corrected chi connectivity index (χ2v) is 7.89. The van der Waals surface area contributed by atoms with E-state index in [-0.39, 0.29) is 6.03 Å². The van der Waals surface area contributed by atoms with Crippen molar-refractivity contribution in [3.8, 4) is 5.75 Å². The molecule has 24 heavy (non-hydrogen) atoms. The fourth-order valence-corrected chi connectivity index (χ4v) is 3.47. The summed E-state index contributed by atoms with van der Waals surface area (Å²) < 4.78 is 29.9. The molecule has 0 saturated carbocycles. The predicted octanol–water partition coefficient (Wildman–Crippen LogP) is 1.04. The molecule has 134 valence electrons. The van der Waals surface area contributed by atoms with Crippen molar-refractivity contribution >= 4 is 16.1 Å². The lowest BCUT2D eigenvalue weighted by Crippen LogP contribution is -2.43. The summed E-state index contributed by atoms with van der Waals surface area (Å²) in [6.45, 7) is 2.44. The van der Waals surface area contributed by atoms with Crippen molar-refractivity contribution in [2.24, 2.45) is 5.92 Å². The number of hydrogen-bond acceptors (Lipinski definition) is 4. The van der Waals surface area contributed by atoms with Crippen LogP contribution in [0.2, 0.25) is 0 Å². The highest BCUT2D eigenvalue weighted by molar-refractivity contribution is 7.88. The molecule has 2 amide bonds. The fourth-order valence-electron chi connectivity index (χ4n) is 2.59. The van der Waals surface area contributed by atoms with Crippen LogP contribution in [0.1, 0.15) is 12.8 Å². The normalized spacial score (nSPS) is 16.5. The van der Waals surface area contributed by atoms with Gasteiger partial charge in [0, 0.05) is 19.6 Å². The molecule has 1 saturated heterocycles. The first-order chi connectivity index (χ1) is 11.4. The molecule has 0 spiro atoms. The van der Waals surface area contributed by atoms with Gasteiger partial charge in [0.1, 0.15) is 12.4 Å². The minimum Gasteiger partial charge on any atom is -0.492 e. The number of amides is 2. The van der Waals surface area contributed by atoms with Crippen LogP contribution in [0.25, 0.3) is 0 Å². The molecule has 0 atom stereocenters. The van der Waals surface area contributed by atoms with E-state index in [1.165, 1.54) is 10.6 Å². The lowest BCUT2D eigenvalue weighted by molar-refractivity contribution is 0.227. The van der Waals surface area contributed by atoms with Crippen LogP contribution < -0.4 is 15.4 Å². The molecule has 1 fully saturated rings. The molecule has 1 aromatic carbocycles. The zero-order valence-electron chi connectivity index (χ0n) is 13.9. The molecular weight excluding hydrogens is 330 g/mol. The second-order valence-electron chi connectivity index (χ2n) is 5.90. The SMILES string of the molecule is CS(=O)(=O)N1CCC(CNC(=O)NCCOc2ccccc2)CC1. The maximum Gasteiger partial charge on any atom is 0.314 e. The van der Waals surface area contributed by atoms with Crippen LogP contribution in [0.4, 0.5) is 4.79 Å². The Kier molecular flexibility index (Phi) is 6.86. The third-order valence-corrected chi connectivity index (χ3v) is 5.30. The van der Waals surface area contributed by atoms with Crippen molar-refractivity contribution in [1.82, 2.24) is 14.9 Å². The molecule has 0 unspecified atom stereocenters. The number of sulfonamides is 1. The van der Waals surface area contributed by atoms with Crippen LogP contribution in [-0.4, -0.2) is 57.8 Å². The average Bonchev–Trinajstić information content (AvgIpc) is 2.57. The van der Waals surface area contributed by atoms with E-state index in [1.54, 1.807) is 0 Å². The van der Waals surface area contributed by atoms with E-state index in [1.807, 2.05) is 30.3 Å². The number of para-hydroxylation sites is 1. The molecule has 1 aliphatic heterocycles. The molecule has 0 radical (unpaired) electrons. The van der Waals surface area contributed by atoms with Gasteiger partial charge in [-0.1, -0.05) is 18.2 Å². The van der Waals surface area contributed by atoms with Crippen LogP contribution in [-0.2, 0) is 10.0 Å². The van der Waals surface area contributed by atoms with Crippen molar-refractivity contribution < 1.29 is 17.9 Å². The molecule has 2 rings (SSSR count). The number of ether oxygens (including phenoxy) is 1. The first-order valence-corrected chi connectivity index (χ1v) is 9.94. The monoisotopic (exact) mass is 355 g/mol. The first-order valence-electron chi connectivity index (χ1n) is 8.10. The molecule has 0 bridgehead atoms. The van der Waals surface area contributed by atoms with Gasteiger partial charge in [-0.25, -0.2) is 17.5 Å².